The van der Waals surface area contributed by atoms with E-state index in [0.717, 1.165) is 12.8 Å². The maximum atomic E-state index is 11.9. The van der Waals surface area contributed by atoms with Gasteiger partial charge in [-0.05, 0) is 46.0 Å². The molecule has 1 rings (SSSR count). The molecule has 1 fully saturated rings. The van der Waals surface area contributed by atoms with Crippen molar-refractivity contribution in [3.05, 3.63) is 12.2 Å². The molecule has 1 heterocycles. The average Bonchev–Trinajstić information content (AvgIpc) is 3.04. The van der Waals surface area contributed by atoms with Crippen LogP contribution < -0.4 is 0 Å². The van der Waals surface area contributed by atoms with Gasteiger partial charge < -0.3 is 14.2 Å². The van der Waals surface area contributed by atoms with Gasteiger partial charge in [0.2, 0.25) is 0 Å². The molecule has 1 unspecified atom stereocenters. The van der Waals surface area contributed by atoms with E-state index in [4.69, 9.17) is 14.2 Å². The number of hydrogen-bond donors (Lipinski definition) is 0. The van der Waals surface area contributed by atoms with E-state index in [1.165, 1.54) is 77.0 Å². The molecule has 1 aliphatic rings. The van der Waals surface area contributed by atoms with Crippen molar-refractivity contribution >= 4 is 5.97 Å². The first-order valence-electron chi connectivity index (χ1n) is 11.7. The summed E-state index contributed by atoms with van der Waals surface area (Å²) in [7, 11) is 0. The molecular weight excluding hydrogens is 352 g/mol. The van der Waals surface area contributed by atoms with Gasteiger partial charge in [0.25, 0.3) is 0 Å². The molecule has 1 aliphatic heterocycles. The summed E-state index contributed by atoms with van der Waals surface area (Å²) in [5, 5.41) is 0. The minimum Gasteiger partial charge on any atom is -0.464 e. The van der Waals surface area contributed by atoms with E-state index >= 15 is 0 Å². The highest BCUT2D eigenvalue weighted by Crippen LogP contribution is 2.23. The number of allylic oxidation sites excluding steroid dienone is 2. The summed E-state index contributed by atoms with van der Waals surface area (Å²) in [6, 6.07) is 0. The second-order valence-corrected chi connectivity index (χ2v) is 8.42. The van der Waals surface area contributed by atoms with E-state index in [9.17, 15) is 4.79 Å². The van der Waals surface area contributed by atoms with Crippen molar-refractivity contribution < 1.29 is 19.0 Å². The summed E-state index contributed by atoms with van der Waals surface area (Å²) in [6.07, 6.45) is 22.0. The molecule has 0 aliphatic carbocycles. The van der Waals surface area contributed by atoms with Crippen LogP contribution in [0, 0.1) is 0 Å². The Morgan fingerprint density at radius 1 is 0.893 bits per heavy atom. The van der Waals surface area contributed by atoms with Crippen molar-refractivity contribution in [3.8, 4) is 0 Å². The maximum Gasteiger partial charge on any atom is 0.337 e. The van der Waals surface area contributed by atoms with Crippen LogP contribution in [0.4, 0.5) is 0 Å². The van der Waals surface area contributed by atoms with Crippen molar-refractivity contribution in [2.24, 2.45) is 0 Å². The molecule has 0 N–H and O–H groups in total. The molecule has 0 aromatic rings. The number of esters is 1. The molecule has 4 nitrogen and oxygen atoms in total. The van der Waals surface area contributed by atoms with Gasteiger partial charge in [0, 0.05) is 0 Å². The summed E-state index contributed by atoms with van der Waals surface area (Å²) in [5.41, 5.74) is 0. The summed E-state index contributed by atoms with van der Waals surface area (Å²) >= 11 is 0. The van der Waals surface area contributed by atoms with Crippen LogP contribution in [0.5, 0.6) is 0 Å². The lowest BCUT2D eigenvalue weighted by Gasteiger charge is -2.16. The van der Waals surface area contributed by atoms with Crippen molar-refractivity contribution in [3.63, 3.8) is 0 Å². The number of ether oxygens (including phenoxy) is 3. The minimum absolute atomic E-state index is 0.291. The van der Waals surface area contributed by atoms with Gasteiger partial charge in [0.15, 0.2) is 11.9 Å². The first-order valence-corrected chi connectivity index (χ1v) is 11.7. The quantitative estimate of drug-likeness (QED) is 0.155. The van der Waals surface area contributed by atoms with Gasteiger partial charge in [-0.1, -0.05) is 76.9 Å². The molecule has 0 aromatic heterocycles. The van der Waals surface area contributed by atoms with Crippen molar-refractivity contribution in [2.75, 3.05) is 13.2 Å². The van der Waals surface area contributed by atoms with Crippen molar-refractivity contribution in [2.45, 2.75) is 123 Å². The Morgan fingerprint density at radius 3 is 1.96 bits per heavy atom. The summed E-state index contributed by atoms with van der Waals surface area (Å²) in [6.45, 7) is 6.67. The topological polar surface area (TPSA) is 44.8 Å². The van der Waals surface area contributed by atoms with Crippen LogP contribution in [0.1, 0.15) is 111 Å². The van der Waals surface area contributed by atoms with Gasteiger partial charge in [-0.3, -0.25) is 0 Å². The predicted octanol–water partition coefficient (Wildman–Crippen LogP) is 6.72. The van der Waals surface area contributed by atoms with Crippen LogP contribution in [0.3, 0.4) is 0 Å². The van der Waals surface area contributed by atoms with E-state index in [1.807, 2.05) is 13.8 Å². The van der Waals surface area contributed by atoms with Crippen LogP contribution >= 0.6 is 0 Å². The Morgan fingerprint density at radius 2 is 1.43 bits per heavy atom. The molecule has 0 spiro atoms. The minimum atomic E-state index is -0.673. The fourth-order valence-corrected chi connectivity index (χ4v) is 3.42. The van der Waals surface area contributed by atoms with Gasteiger partial charge in [0.05, 0.1) is 13.2 Å². The van der Waals surface area contributed by atoms with Gasteiger partial charge in [-0.25, -0.2) is 4.79 Å². The Bertz CT molecular complexity index is 417. The molecule has 0 amide bonds. The third-order valence-corrected chi connectivity index (χ3v) is 5.17. The Labute approximate surface area is 173 Å². The van der Waals surface area contributed by atoms with Gasteiger partial charge >= 0.3 is 5.97 Å². The van der Waals surface area contributed by atoms with Gasteiger partial charge in [-0.2, -0.15) is 0 Å². The zero-order chi connectivity index (χ0) is 20.5. The number of hydrogen-bond acceptors (Lipinski definition) is 4. The second-order valence-electron chi connectivity index (χ2n) is 8.42. The van der Waals surface area contributed by atoms with E-state index in [0.29, 0.717) is 13.2 Å². The third-order valence-electron chi connectivity index (χ3n) is 5.17. The Kier molecular flexibility index (Phi) is 14.4. The fourth-order valence-electron chi connectivity index (χ4n) is 3.42. The van der Waals surface area contributed by atoms with Crippen LogP contribution in [0.15, 0.2) is 12.2 Å². The SMILES string of the molecule is CCCCCCCCC=CCCCCCCCCOC(=O)C1COC(C)(C)O1. The lowest BCUT2D eigenvalue weighted by molar-refractivity contribution is -0.170. The van der Waals surface area contributed by atoms with Gasteiger partial charge in [0.1, 0.15) is 0 Å². The normalized spacial score (nSPS) is 18.8. The van der Waals surface area contributed by atoms with Crippen molar-refractivity contribution in [1.29, 1.82) is 0 Å². The van der Waals surface area contributed by atoms with Crippen LogP contribution in [0.25, 0.3) is 0 Å². The zero-order valence-electron chi connectivity index (χ0n) is 18.7. The lowest BCUT2D eigenvalue weighted by atomic mass is 10.1. The van der Waals surface area contributed by atoms with Crippen molar-refractivity contribution in [1.82, 2.24) is 0 Å². The van der Waals surface area contributed by atoms with Crippen LogP contribution in [0.2, 0.25) is 0 Å². The predicted molar refractivity (Wildman–Crippen MR) is 115 cm³/mol. The molecule has 164 valence electrons. The van der Waals surface area contributed by atoms with E-state index in [-0.39, 0.29) is 5.97 Å². The summed E-state index contributed by atoms with van der Waals surface area (Å²) in [5.74, 6) is -0.967. The van der Waals surface area contributed by atoms with Crippen LogP contribution in [-0.4, -0.2) is 31.1 Å². The van der Waals surface area contributed by atoms with Crippen LogP contribution in [-0.2, 0) is 19.0 Å². The molecule has 4 heteroatoms. The average molecular weight is 397 g/mol. The number of rotatable bonds is 17. The van der Waals surface area contributed by atoms with E-state index in [1.54, 1.807) is 0 Å². The molecule has 28 heavy (non-hydrogen) atoms. The first-order chi connectivity index (χ1) is 13.5. The highest BCUT2D eigenvalue weighted by Gasteiger charge is 2.37. The Balaban J connectivity index is 1.79. The standard InChI is InChI=1S/C24H44O4/c1-4-5-6-7-8-9-10-11-12-13-14-15-16-17-18-19-20-26-23(25)22-21-27-24(2,3)28-22/h11-12,22H,4-10,13-21H2,1-3H3. The second kappa shape index (κ2) is 16.0. The molecule has 0 radical (unpaired) electrons. The molecule has 0 bridgehead atoms. The molecule has 1 saturated heterocycles. The zero-order valence-corrected chi connectivity index (χ0v) is 18.7. The molecular formula is C24H44O4. The summed E-state index contributed by atoms with van der Waals surface area (Å²) in [4.78, 5) is 11.9. The van der Waals surface area contributed by atoms with Gasteiger partial charge in [-0.15, -0.1) is 0 Å². The fraction of sp³-hybridized carbons (Fsp3) is 0.875. The largest absolute Gasteiger partial charge is 0.464 e. The van der Waals surface area contributed by atoms with E-state index in [2.05, 4.69) is 19.1 Å². The lowest BCUT2D eigenvalue weighted by Crippen LogP contribution is -2.28. The summed E-state index contributed by atoms with van der Waals surface area (Å²) < 4.78 is 16.2. The molecule has 0 aromatic carbocycles. The van der Waals surface area contributed by atoms with E-state index < -0.39 is 11.9 Å². The monoisotopic (exact) mass is 396 g/mol. The number of unbranched alkanes of at least 4 members (excludes halogenated alkanes) is 12. The first kappa shape index (κ1) is 25.2. The Hall–Kier alpha value is -0.870. The smallest absolute Gasteiger partial charge is 0.337 e. The maximum absolute atomic E-state index is 11.9. The molecule has 0 saturated carbocycles. The third kappa shape index (κ3) is 13.3. The highest BCUT2D eigenvalue weighted by molar-refractivity contribution is 5.75. The number of carbonyl (C=O) groups excluding carboxylic acids is 1. The highest BCUT2D eigenvalue weighted by atomic mass is 16.8. The molecule has 1 atom stereocenters. The number of carbonyl (C=O) groups is 1.